The average molecular weight is 345 g/mol. The second-order valence-corrected chi connectivity index (χ2v) is 6.79. The molecule has 4 heterocycles. The predicted molar refractivity (Wildman–Crippen MR) is 93.6 cm³/mol. The van der Waals surface area contributed by atoms with Crippen molar-refractivity contribution < 1.29 is 4.74 Å². The van der Waals surface area contributed by atoms with Crippen molar-refractivity contribution in [1.82, 2.24) is 24.7 Å². The van der Waals surface area contributed by atoms with Crippen LogP contribution in [0.15, 0.2) is 12.4 Å². The minimum Gasteiger partial charge on any atom is -0.382 e. The fourth-order valence-electron chi connectivity index (χ4n) is 2.77. The van der Waals surface area contributed by atoms with Crippen molar-refractivity contribution in [2.45, 2.75) is 32.2 Å². The Morgan fingerprint density at radius 2 is 2.17 bits per heavy atom. The molecule has 0 unspecified atom stereocenters. The van der Waals surface area contributed by atoms with Gasteiger partial charge in [0.2, 0.25) is 5.95 Å². The van der Waals surface area contributed by atoms with Crippen LogP contribution in [0.5, 0.6) is 0 Å². The number of rotatable bonds is 4. The Labute approximate surface area is 143 Å². The minimum absolute atomic E-state index is 0.386. The maximum atomic E-state index is 6.02. The van der Waals surface area contributed by atoms with E-state index in [-0.39, 0.29) is 0 Å². The van der Waals surface area contributed by atoms with Gasteiger partial charge in [0.05, 0.1) is 22.9 Å². The molecule has 1 saturated heterocycles. The highest BCUT2D eigenvalue weighted by molar-refractivity contribution is 7.18. The normalized spacial score (nSPS) is 15.9. The van der Waals surface area contributed by atoms with E-state index in [4.69, 9.17) is 10.5 Å². The second kappa shape index (κ2) is 6.33. The third kappa shape index (κ3) is 2.92. The molecule has 3 aromatic rings. The van der Waals surface area contributed by atoms with Crippen molar-refractivity contribution in [3.05, 3.63) is 17.4 Å². The summed E-state index contributed by atoms with van der Waals surface area (Å²) in [6.07, 6.45) is 6.59. The van der Waals surface area contributed by atoms with E-state index in [0.29, 0.717) is 23.3 Å². The largest absolute Gasteiger partial charge is 0.382 e. The average Bonchev–Trinajstić information content (AvgIpc) is 3.22. The van der Waals surface area contributed by atoms with Crippen molar-refractivity contribution in [2.75, 3.05) is 24.3 Å². The van der Waals surface area contributed by atoms with Crippen molar-refractivity contribution >= 4 is 39.1 Å². The number of ether oxygens (including phenoxy) is 1. The lowest BCUT2D eigenvalue weighted by Crippen LogP contribution is -2.19. The van der Waals surface area contributed by atoms with E-state index in [1.807, 2.05) is 10.9 Å². The van der Waals surface area contributed by atoms with Crippen molar-refractivity contribution in [2.24, 2.45) is 0 Å². The van der Waals surface area contributed by atoms with Crippen LogP contribution < -0.4 is 11.1 Å². The summed E-state index contributed by atoms with van der Waals surface area (Å²) in [6.45, 7) is 3.63. The van der Waals surface area contributed by atoms with Gasteiger partial charge in [-0.3, -0.25) is 4.68 Å². The van der Waals surface area contributed by atoms with Crippen LogP contribution in [0, 0.1) is 0 Å². The fraction of sp³-hybridized carbons (Fsp3) is 0.467. The van der Waals surface area contributed by atoms with E-state index in [1.165, 1.54) is 0 Å². The van der Waals surface area contributed by atoms with E-state index in [2.05, 4.69) is 32.3 Å². The number of thiazole rings is 1. The standard InChI is InChI=1S/C15H19N7OS/c1-2-11-19-12-13(16)20-15(21-14(12)24-11)18-9-7-17-22(8-9)10-3-5-23-6-4-10/h7-8,10H,2-6H2,1H3,(H3,16,18,20,21). The van der Waals surface area contributed by atoms with Crippen molar-refractivity contribution in [3.8, 4) is 0 Å². The number of nitrogens with one attached hydrogen (secondary N) is 1. The van der Waals surface area contributed by atoms with Gasteiger partial charge >= 0.3 is 0 Å². The van der Waals surface area contributed by atoms with Crippen molar-refractivity contribution in [1.29, 1.82) is 0 Å². The zero-order chi connectivity index (χ0) is 16.5. The smallest absolute Gasteiger partial charge is 0.230 e. The molecule has 0 radical (unpaired) electrons. The van der Waals surface area contributed by atoms with Gasteiger partial charge in [-0.25, -0.2) is 4.98 Å². The predicted octanol–water partition coefficient (Wildman–Crippen LogP) is 2.52. The molecule has 1 aliphatic rings. The van der Waals surface area contributed by atoms with Gasteiger partial charge in [0.1, 0.15) is 5.52 Å². The lowest BCUT2D eigenvalue weighted by Gasteiger charge is -2.22. The maximum Gasteiger partial charge on any atom is 0.230 e. The van der Waals surface area contributed by atoms with Gasteiger partial charge in [-0.15, -0.1) is 0 Å². The van der Waals surface area contributed by atoms with E-state index in [1.54, 1.807) is 17.5 Å². The lowest BCUT2D eigenvalue weighted by molar-refractivity contribution is 0.0662. The first-order valence-electron chi connectivity index (χ1n) is 8.05. The van der Waals surface area contributed by atoms with Crippen LogP contribution in [0.4, 0.5) is 17.5 Å². The number of hydrogen-bond donors (Lipinski definition) is 2. The molecule has 24 heavy (non-hydrogen) atoms. The molecule has 4 rings (SSSR count). The number of nitrogens with zero attached hydrogens (tertiary/aromatic N) is 5. The topological polar surface area (TPSA) is 104 Å². The monoisotopic (exact) mass is 345 g/mol. The summed E-state index contributed by atoms with van der Waals surface area (Å²) in [5.41, 5.74) is 7.55. The Hall–Kier alpha value is -2.26. The molecule has 0 atom stereocenters. The number of nitrogens with two attached hydrogens (primary N) is 1. The summed E-state index contributed by atoms with van der Waals surface area (Å²) in [5, 5.41) is 8.64. The molecule has 3 N–H and O–H groups in total. The van der Waals surface area contributed by atoms with Gasteiger partial charge in [0.15, 0.2) is 10.6 Å². The first-order chi connectivity index (χ1) is 11.7. The molecule has 8 nitrogen and oxygen atoms in total. The van der Waals surface area contributed by atoms with E-state index >= 15 is 0 Å². The molecular formula is C15H19N7OS. The van der Waals surface area contributed by atoms with Gasteiger partial charge in [-0.05, 0) is 19.3 Å². The van der Waals surface area contributed by atoms with Crippen LogP contribution in [-0.2, 0) is 11.2 Å². The second-order valence-electron chi connectivity index (χ2n) is 5.72. The summed E-state index contributed by atoms with van der Waals surface area (Å²) in [6, 6.07) is 0.386. The molecule has 0 saturated carbocycles. The highest BCUT2D eigenvalue weighted by atomic mass is 32.1. The zero-order valence-electron chi connectivity index (χ0n) is 13.4. The summed E-state index contributed by atoms with van der Waals surface area (Å²) in [7, 11) is 0. The van der Waals surface area contributed by atoms with Gasteiger partial charge in [0.25, 0.3) is 0 Å². The van der Waals surface area contributed by atoms with Crippen LogP contribution in [0.1, 0.15) is 30.8 Å². The molecule has 0 bridgehead atoms. The number of aromatic nitrogens is 5. The zero-order valence-corrected chi connectivity index (χ0v) is 14.2. The van der Waals surface area contributed by atoms with Gasteiger partial charge in [-0.1, -0.05) is 18.3 Å². The Kier molecular flexibility index (Phi) is 4.03. The SMILES string of the molecule is CCc1nc2c(N)nc(Nc3cnn(C4CCOCC4)c3)nc2s1. The Balaban J connectivity index is 1.56. The van der Waals surface area contributed by atoms with Crippen LogP contribution in [0.3, 0.4) is 0 Å². The van der Waals surface area contributed by atoms with Gasteiger partial charge in [0, 0.05) is 19.4 Å². The quantitative estimate of drug-likeness (QED) is 0.748. The molecule has 0 spiro atoms. The van der Waals surface area contributed by atoms with Crippen LogP contribution >= 0.6 is 11.3 Å². The Morgan fingerprint density at radius 3 is 2.96 bits per heavy atom. The summed E-state index contributed by atoms with van der Waals surface area (Å²) in [4.78, 5) is 14.1. The third-order valence-electron chi connectivity index (χ3n) is 4.06. The van der Waals surface area contributed by atoms with Crippen LogP contribution in [-0.4, -0.2) is 37.9 Å². The fourth-order valence-corrected chi connectivity index (χ4v) is 3.66. The Bertz CT molecular complexity index is 853. The number of aryl methyl sites for hydroxylation is 1. The summed E-state index contributed by atoms with van der Waals surface area (Å²) in [5.74, 6) is 0.869. The van der Waals surface area contributed by atoms with Gasteiger partial charge < -0.3 is 15.8 Å². The summed E-state index contributed by atoms with van der Waals surface area (Å²) < 4.78 is 7.37. The lowest BCUT2D eigenvalue weighted by atomic mass is 10.1. The molecular weight excluding hydrogens is 326 g/mol. The molecule has 126 valence electrons. The Morgan fingerprint density at radius 1 is 1.33 bits per heavy atom. The molecule has 0 aliphatic carbocycles. The molecule has 0 aromatic carbocycles. The molecule has 0 amide bonds. The molecule has 1 fully saturated rings. The first-order valence-corrected chi connectivity index (χ1v) is 8.86. The highest BCUT2D eigenvalue weighted by Gasteiger charge is 2.17. The highest BCUT2D eigenvalue weighted by Crippen LogP contribution is 2.27. The number of nitrogen functional groups attached to an aromatic ring is 1. The van der Waals surface area contributed by atoms with Gasteiger partial charge in [-0.2, -0.15) is 15.1 Å². The minimum atomic E-state index is 0.386. The summed E-state index contributed by atoms with van der Waals surface area (Å²) >= 11 is 1.55. The molecule has 1 aliphatic heterocycles. The van der Waals surface area contributed by atoms with E-state index in [0.717, 1.165) is 48.0 Å². The third-order valence-corrected chi connectivity index (χ3v) is 5.15. The van der Waals surface area contributed by atoms with Crippen LogP contribution in [0.25, 0.3) is 10.3 Å². The van der Waals surface area contributed by atoms with Crippen LogP contribution in [0.2, 0.25) is 0 Å². The molecule has 3 aromatic heterocycles. The number of fused-ring (bicyclic) bond motifs is 1. The van der Waals surface area contributed by atoms with E-state index in [9.17, 15) is 0 Å². The maximum absolute atomic E-state index is 6.02. The van der Waals surface area contributed by atoms with Crippen molar-refractivity contribution in [3.63, 3.8) is 0 Å². The molecule has 9 heteroatoms. The number of anilines is 3. The number of hydrogen-bond acceptors (Lipinski definition) is 8. The van der Waals surface area contributed by atoms with E-state index < -0.39 is 0 Å². The first kappa shape index (κ1) is 15.3.